The van der Waals surface area contributed by atoms with E-state index in [1.807, 2.05) is 0 Å². The van der Waals surface area contributed by atoms with E-state index in [-0.39, 0.29) is 11.1 Å². The molecule has 0 bridgehead atoms. The van der Waals surface area contributed by atoms with Crippen molar-refractivity contribution in [2.24, 2.45) is 0 Å². The van der Waals surface area contributed by atoms with Crippen molar-refractivity contribution < 1.29 is 13.6 Å². The van der Waals surface area contributed by atoms with Gasteiger partial charge in [-0.05, 0) is 25.1 Å². The zero-order valence-electron chi connectivity index (χ0n) is 12.7. The highest BCUT2D eigenvalue weighted by molar-refractivity contribution is 5.94. The van der Waals surface area contributed by atoms with Crippen molar-refractivity contribution in [3.63, 3.8) is 0 Å². The molecular formula is C17H13F2N3O2. The molecule has 0 spiro atoms. The van der Waals surface area contributed by atoms with E-state index in [4.69, 9.17) is 0 Å². The number of hydrogen-bond donors (Lipinski definition) is 1. The smallest absolute Gasteiger partial charge is 0.270 e. The molecule has 0 saturated carbocycles. The molecule has 3 aromatic rings. The Morgan fingerprint density at radius 1 is 1.25 bits per heavy atom. The molecule has 1 N–H and O–H groups in total. The third kappa shape index (κ3) is 2.88. The topological polar surface area (TPSA) is 63.5 Å². The lowest BCUT2D eigenvalue weighted by molar-refractivity contribution is 0.0937. The van der Waals surface area contributed by atoms with E-state index in [1.54, 1.807) is 25.1 Å². The molecule has 24 heavy (non-hydrogen) atoms. The van der Waals surface area contributed by atoms with Crippen molar-refractivity contribution in [1.29, 1.82) is 0 Å². The third-order valence-corrected chi connectivity index (χ3v) is 3.63. The highest BCUT2D eigenvalue weighted by Gasteiger charge is 2.18. The summed E-state index contributed by atoms with van der Waals surface area (Å²) in [5.74, 6) is -2.15. The van der Waals surface area contributed by atoms with Gasteiger partial charge < -0.3 is 5.32 Å². The molecule has 1 amide bonds. The highest BCUT2D eigenvalue weighted by Crippen LogP contribution is 2.18. The van der Waals surface area contributed by atoms with Crippen LogP contribution in [0.2, 0.25) is 0 Å². The molecule has 0 saturated heterocycles. The molecule has 0 aliphatic carbocycles. The molecule has 3 rings (SSSR count). The van der Waals surface area contributed by atoms with Gasteiger partial charge in [0.2, 0.25) is 0 Å². The highest BCUT2D eigenvalue weighted by atomic mass is 19.1. The lowest BCUT2D eigenvalue weighted by atomic mass is 10.1. The summed E-state index contributed by atoms with van der Waals surface area (Å²) in [7, 11) is 0. The first kappa shape index (κ1) is 15.8. The van der Waals surface area contributed by atoms with Crippen molar-refractivity contribution in [2.75, 3.05) is 0 Å². The first-order chi connectivity index (χ1) is 11.5. The fraction of sp³-hybridized carbons (Fsp3) is 0.118. The van der Waals surface area contributed by atoms with E-state index in [9.17, 15) is 18.4 Å². The number of amides is 1. The molecule has 0 aliphatic rings. The van der Waals surface area contributed by atoms with Crippen molar-refractivity contribution in [1.82, 2.24) is 14.7 Å². The van der Waals surface area contributed by atoms with Crippen LogP contribution in [0, 0.1) is 11.6 Å². The minimum absolute atomic E-state index is 0.124. The first-order valence-electron chi connectivity index (χ1n) is 7.19. The van der Waals surface area contributed by atoms with E-state index in [0.29, 0.717) is 5.65 Å². The van der Waals surface area contributed by atoms with Crippen LogP contribution in [0.3, 0.4) is 0 Å². The Balaban J connectivity index is 1.90. The van der Waals surface area contributed by atoms with E-state index >= 15 is 0 Å². The van der Waals surface area contributed by atoms with Crippen molar-refractivity contribution in [3.8, 4) is 0 Å². The number of carbonyl (C=O) groups excluding carboxylic acids is 1. The quantitative estimate of drug-likeness (QED) is 0.803. The van der Waals surface area contributed by atoms with Gasteiger partial charge in [-0.1, -0.05) is 12.1 Å². The number of nitrogens with one attached hydrogen (secondary N) is 1. The number of halogens is 2. The van der Waals surface area contributed by atoms with Gasteiger partial charge in [-0.3, -0.25) is 14.0 Å². The Hall–Kier alpha value is -3.09. The molecule has 2 heterocycles. The first-order valence-corrected chi connectivity index (χ1v) is 7.19. The number of rotatable bonds is 3. The molecule has 0 aliphatic heterocycles. The Kier molecular flexibility index (Phi) is 4.07. The average molecular weight is 329 g/mol. The van der Waals surface area contributed by atoms with Gasteiger partial charge in [-0.25, -0.2) is 13.8 Å². The summed E-state index contributed by atoms with van der Waals surface area (Å²) in [6, 6.07) is 7.36. The number of aromatic nitrogens is 2. The van der Waals surface area contributed by atoms with Gasteiger partial charge in [-0.15, -0.1) is 0 Å². The van der Waals surface area contributed by atoms with Crippen molar-refractivity contribution in [3.05, 3.63) is 81.9 Å². The van der Waals surface area contributed by atoms with Crippen LogP contribution in [0.25, 0.3) is 5.65 Å². The van der Waals surface area contributed by atoms with Crippen LogP contribution in [0.4, 0.5) is 8.78 Å². The molecule has 7 heteroatoms. The predicted octanol–water partition coefficient (Wildman–Crippen LogP) is 2.46. The Bertz CT molecular complexity index is 985. The van der Waals surface area contributed by atoms with Crippen LogP contribution in [0.1, 0.15) is 28.9 Å². The minimum atomic E-state index is -0.767. The predicted molar refractivity (Wildman–Crippen MR) is 83.7 cm³/mol. The van der Waals surface area contributed by atoms with Gasteiger partial charge in [0, 0.05) is 24.0 Å². The summed E-state index contributed by atoms with van der Waals surface area (Å²) in [4.78, 5) is 28.7. The van der Waals surface area contributed by atoms with Crippen LogP contribution in [-0.4, -0.2) is 15.3 Å². The van der Waals surface area contributed by atoms with Gasteiger partial charge in [0.25, 0.3) is 11.5 Å². The van der Waals surface area contributed by atoms with Gasteiger partial charge in [0.1, 0.15) is 22.8 Å². The van der Waals surface area contributed by atoms with Gasteiger partial charge in [0.15, 0.2) is 0 Å². The SMILES string of the molecule is CC(NC(=O)c1cnc2ccccn2c1=O)c1ccc(F)cc1F. The number of carbonyl (C=O) groups is 1. The largest absolute Gasteiger partial charge is 0.345 e. The Labute approximate surface area is 135 Å². The number of fused-ring (bicyclic) bond motifs is 1. The number of hydrogen-bond acceptors (Lipinski definition) is 3. The molecule has 1 atom stereocenters. The number of pyridine rings is 1. The maximum absolute atomic E-state index is 13.8. The molecule has 0 fully saturated rings. The van der Waals surface area contributed by atoms with Crippen LogP contribution >= 0.6 is 0 Å². The maximum Gasteiger partial charge on any atom is 0.270 e. The van der Waals surface area contributed by atoms with Crippen LogP contribution < -0.4 is 10.9 Å². The molecule has 1 unspecified atom stereocenters. The lowest BCUT2D eigenvalue weighted by Crippen LogP contribution is -2.33. The summed E-state index contributed by atoms with van der Waals surface area (Å²) < 4.78 is 28.0. The zero-order valence-corrected chi connectivity index (χ0v) is 12.7. The van der Waals surface area contributed by atoms with E-state index in [0.717, 1.165) is 12.1 Å². The van der Waals surface area contributed by atoms with Crippen LogP contribution in [-0.2, 0) is 0 Å². The molecule has 1 aromatic carbocycles. The summed E-state index contributed by atoms with van der Waals surface area (Å²) in [6.07, 6.45) is 2.69. The van der Waals surface area contributed by atoms with E-state index in [2.05, 4.69) is 10.3 Å². The fourth-order valence-electron chi connectivity index (χ4n) is 2.39. The number of benzene rings is 1. The Morgan fingerprint density at radius 3 is 2.79 bits per heavy atom. The summed E-state index contributed by atoms with van der Waals surface area (Å²) in [5, 5.41) is 2.52. The minimum Gasteiger partial charge on any atom is -0.345 e. The third-order valence-electron chi connectivity index (χ3n) is 3.63. The van der Waals surface area contributed by atoms with E-state index < -0.39 is 29.1 Å². The number of nitrogens with zero attached hydrogens (tertiary/aromatic N) is 2. The normalized spacial score (nSPS) is 12.1. The van der Waals surface area contributed by atoms with Gasteiger partial charge in [-0.2, -0.15) is 0 Å². The van der Waals surface area contributed by atoms with Crippen LogP contribution in [0.15, 0.2) is 53.6 Å². The summed E-state index contributed by atoms with van der Waals surface area (Å²) >= 11 is 0. The average Bonchev–Trinajstić information content (AvgIpc) is 2.55. The lowest BCUT2D eigenvalue weighted by Gasteiger charge is -2.15. The van der Waals surface area contributed by atoms with Gasteiger partial charge >= 0.3 is 0 Å². The second-order valence-electron chi connectivity index (χ2n) is 5.27. The van der Waals surface area contributed by atoms with Crippen molar-refractivity contribution >= 4 is 11.6 Å². The summed E-state index contributed by atoms with van der Waals surface area (Å²) in [6.45, 7) is 1.54. The molecule has 2 aromatic heterocycles. The standard InChI is InChI=1S/C17H13F2N3O2/c1-10(12-6-5-11(18)8-14(12)19)21-16(23)13-9-20-15-4-2-3-7-22(15)17(13)24/h2-10H,1H3,(H,21,23). The van der Waals surface area contributed by atoms with E-state index in [1.165, 1.54) is 22.9 Å². The zero-order chi connectivity index (χ0) is 17.3. The van der Waals surface area contributed by atoms with Crippen molar-refractivity contribution in [2.45, 2.75) is 13.0 Å². The maximum atomic E-state index is 13.8. The molecular weight excluding hydrogens is 316 g/mol. The molecule has 0 radical (unpaired) electrons. The summed E-state index contributed by atoms with van der Waals surface area (Å²) in [5.41, 5.74) is -0.145. The van der Waals surface area contributed by atoms with Gasteiger partial charge in [0.05, 0.1) is 6.04 Å². The Morgan fingerprint density at radius 2 is 2.04 bits per heavy atom. The fourth-order valence-corrected chi connectivity index (χ4v) is 2.39. The molecule has 122 valence electrons. The second-order valence-corrected chi connectivity index (χ2v) is 5.27. The molecule has 5 nitrogen and oxygen atoms in total. The second kappa shape index (κ2) is 6.19. The van der Waals surface area contributed by atoms with Crippen LogP contribution in [0.5, 0.6) is 0 Å². The monoisotopic (exact) mass is 329 g/mol.